The molecule has 1 saturated heterocycles. The number of fused-ring (bicyclic) bond motifs is 1. The summed E-state index contributed by atoms with van der Waals surface area (Å²) in [5.74, 6) is 0.943. The number of para-hydroxylation sites is 2. The molecule has 106 valence electrons. The van der Waals surface area contributed by atoms with Crippen molar-refractivity contribution in [3.63, 3.8) is 0 Å². The number of hydrogen-bond donors (Lipinski definition) is 1. The van der Waals surface area contributed by atoms with Crippen LogP contribution in [-0.4, -0.2) is 40.5 Å². The van der Waals surface area contributed by atoms with E-state index in [1.165, 1.54) is 25.9 Å². The van der Waals surface area contributed by atoms with Gasteiger partial charge in [0.25, 0.3) is 0 Å². The summed E-state index contributed by atoms with van der Waals surface area (Å²) >= 11 is 0. The molecule has 1 aliphatic rings. The molecule has 2 aromatic rings. The van der Waals surface area contributed by atoms with Crippen LogP contribution in [0.25, 0.3) is 11.0 Å². The number of aryl methyl sites for hydroxylation is 1. The molecular formula is C16H22N4. The van der Waals surface area contributed by atoms with Gasteiger partial charge in [-0.05, 0) is 38.4 Å². The Hall–Kier alpha value is -1.68. The molecule has 1 N–H and O–H groups in total. The molecule has 0 spiro atoms. The van der Waals surface area contributed by atoms with Crippen molar-refractivity contribution in [2.24, 2.45) is 0 Å². The third-order valence-corrected chi connectivity index (χ3v) is 4.12. The summed E-state index contributed by atoms with van der Waals surface area (Å²) in [5.41, 5.74) is 2.92. The standard InChI is InChI=1S/C16H22N4/c1-3-20-10-8-13(9-11-20)18-16-12(2)17-14-6-4-5-7-15(14)19-16/h4-7,13H,3,8-11H2,1-2H3,(H,18,19). The van der Waals surface area contributed by atoms with E-state index in [-0.39, 0.29) is 0 Å². The second-order valence-corrected chi connectivity index (χ2v) is 5.50. The number of piperidine rings is 1. The van der Waals surface area contributed by atoms with Gasteiger partial charge in [0.05, 0.1) is 16.7 Å². The highest BCUT2D eigenvalue weighted by atomic mass is 15.1. The molecule has 4 heteroatoms. The molecule has 3 rings (SSSR count). The predicted octanol–water partition coefficient (Wildman–Crippen LogP) is 2.83. The molecule has 0 aliphatic carbocycles. The Morgan fingerprint density at radius 1 is 1.15 bits per heavy atom. The first-order valence-corrected chi connectivity index (χ1v) is 7.48. The molecule has 2 heterocycles. The van der Waals surface area contributed by atoms with Crippen LogP contribution in [0.15, 0.2) is 24.3 Å². The summed E-state index contributed by atoms with van der Waals surface area (Å²) in [6.45, 7) is 7.76. The monoisotopic (exact) mass is 270 g/mol. The van der Waals surface area contributed by atoms with Crippen molar-refractivity contribution in [3.05, 3.63) is 30.0 Å². The molecule has 0 bridgehead atoms. The van der Waals surface area contributed by atoms with Gasteiger partial charge in [-0.2, -0.15) is 0 Å². The third kappa shape index (κ3) is 2.75. The van der Waals surface area contributed by atoms with Crippen molar-refractivity contribution in [1.29, 1.82) is 0 Å². The Bertz CT molecular complexity index is 588. The van der Waals surface area contributed by atoms with E-state index in [4.69, 9.17) is 4.98 Å². The molecule has 1 fully saturated rings. The SMILES string of the molecule is CCN1CCC(Nc2nc3ccccc3nc2C)CC1. The van der Waals surface area contributed by atoms with E-state index in [1.54, 1.807) is 0 Å². The van der Waals surface area contributed by atoms with Crippen molar-refractivity contribution in [2.45, 2.75) is 32.7 Å². The summed E-state index contributed by atoms with van der Waals surface area (Å²) in [6.07, 6.45) is 2.36. The second kappa shape index (κ2) is 5.75. The van der Waals surface area contributed by atoms with Crippen LogP contribution in [0.2, 0.25) is 0 Å². The number of anilines is 1. The first-order chi connectivity index (χ1) is 9.76. The fourth-order valence-corrected chi connectivity index (χ4v) is 2.81. The summed E-state index contributed by atoms with van der Waals surface area (Å²) in [6, 6.07) is 8.57. The lowest BCUT2D eigenvalue weighted by Gasteiger charge is -2.31. The van der Waals surface area contributed by atoms with Crippen LogP contribution < -0.4 is 5.32 Å². The van der Waals surface area contributed by atoms with Gasteiger partial charge in [0.1, 0.15) is 5.82 Å². The van der Waals surface area contributed by atoms with Crippen LogP contribution in [0.4, 0.5) is 5.82 Å². The maximum atomic E-state index is 4.72. The van der Waals surface area contributed by atoms with Gasteiger partial charge in [-0.15, -0.1) is 0 Å². The van der Waals surface area contributed by atoms with E-state index in [0.717, 1.165) is 29.1 Å². The third-order valence-electron chi connectivity index (χ3n) is 4.12. The average molecular weight is 270 g/mol. The molecule has 0 amide bonds. The Labute approximate surface area is 120 Å². The predicted molar refractivity (Wildman–Crippen MR) is 83.0 cm³/mol. The lowest BCUT2D eigenvalue weighted by molar-refractivity contribution is 0.229. The van der Waals surface area contributed by atoms with Crippen molar-refractivity contribution >= 4 is 16.9 Å². The summed E-state index contributed by atoms with van der Waals surface area (Å²) in [5, 5.41) is 3.59. The molecule has 0 atom stereocenters. The Morgan fingerprint density at radius 2 is 1.80 bits per heavy atom. The highest BCUT2D eigenvalue weighted by Gasteiger charge is 2.19. The van der Waals surface area contributed by atoms with Gasteiger partial charge in [0, 0.05) is 19.1 Å². The number of likely N-dealkylation sites (tertiary alicyclic amines) is 1. The minimum Gasteiger partial charge on any atom is -0.366 e. The van der Waals surface area contributed by atoms with Gasteiger partial charge < -0.3 is 10.2 Å². The smallest absolute Gasteiger partial charge is 0.148 e. The number of nitrogens with one attached hydrogen (secondary N) is 1. The van der Waals surface area contributed by atoms with Crippen LogP contribution in [0.1, 0.15) is 25.5 Å². The summed E-state index contributed by atoms with van der Waals surface area (Å²) < 4.78 is 0. The highest BCUT2D eigenvalue weighted by molar-refractivity contribution is 5.76. The number of benzene rings is 1. The molecule has 1 aromatic carbocycles. The van der Waals surface area contributed by atoms with Crippen molar-refractivity contribution < 1.29 is 0 Å². The average Bonchev–Trinajstić information content (AvgIpc) is 2.49. The van der Waals surface area contributed by atoms with E-state index in [0.29, 0.717) is 6.04 Å². The van der Waals surface area contributed by atoms with Gasteiger partial charge in [0.2, 0.25) is 0 Å². The van der Waals surface area contributed by atoms with Crippen molar-refractivity contribution in [2.75, 3.05) is 25.0 Å². The largest absolute Gasteiger partial charge is 0.366 e. The fourth-order valence-electron chi connectivity index (χ4n) is 2.81. The molecule has 20 heavy (non-hydrogen) atoms. The number of nitrogens with zero attached hydrogens (tertiary/aromatic N) is 3. The molecule has 0 unspecified atom stereocenters. The first-order valence-electron chi connectivity index (χ1n) is 7.48. The Balaban J connectivity index is 1.76. The molecule has 1 aliphatic heterocycles. The van der Waals surface area contributed by atoms with Crippen LogP contribution >= 0.6 is 0 Å². The van der Waals surface area contributed by atoms with Crippen LogP contribution in [0.5, 0.6) is 0 Å². The lowest BCUT2D eigenvalue weighted by Crippen LogP contribution is -2.39. The minimum atomic E-state index is 0.520. The summed E-state index contributed by atoms with van der Waals surface area (Å²) in [4.78, 5) is 11.9. The second-order valence-electron chi connectivity index (χ2n) is 5.50. The van der Waals surface area contributed by atoms with E-state index in [1.807, 2.05) is 31.2 Å². The quantitative estimate of drug-likeness (QED) is 0.931. The number of hydrogen-bond acceptors (Lipinski definition) is 4. The van der Waals surface area contributed by atoms with Gasteiger partial charge >= 0.3 is 0 Å². The normalized spacial score (nSPS) is 17.5. The van der Waals surface area contributed by atoms with Gasteiger partial charge in [-0.25, -0.2) is 9.97 Å². The fraction of sp³-hybridized carbons (Fsp3) is 0.500. The lowest BCUT2D eigenvalue weighted by atomic mass is 10.1. The van der Waals surface area contributed by atoms with E-state index >= 15 is 0 Å². The minimum absolute atomic E-state index is 0.520. The van der Waals surface area contributed by atoms with E-state index in [2.05, 4.69) is 22.1 Å². The van der Waals surface area contributed by atoms with Crippen molar-refractivity contribution in [1.82, 2.24) is 14.9 Å². The van der Waals surface area contributed by atoms with Gasteiger partial charge in [0.15, 0.2) is 0 Å². The first kappa shape index (κ1) is 13.3. The maximum Gasteiger partial charge on any atom is 0.148 e. The van der Waals surface area contributed by atoms with Crippen molar-refractivity contribution in [3.8, 4) is 0 Å². The van der Waals surface area contributed by atoms with E-state index in [9.17, 15) is 0 Å². The highest BCUT2D eigenvalue weighted by Crippen LogP contribution is 2.20. The van der Waals surface area contributed by atoms with Gasteiger partial charge in [-0.3, -0.25) is 0 Å². The Kier molecular flexibility index (Phi) is 3.83. The van der Waals surface area contributed by atoms with Crippen LogP contribution in [0.3, 0.4) is 0 Å². The maximum absolute atomic E-state index is 4.72. The van der Waals surface area contributed by atoms with E-state index < -0.39 is 0 Å². The molecule has 4 nitrogen and oxygen atoms in total. The van der Waals surface area contributed by atoms with Crippen LogP contribution in [-0.2, 0) is 0 Å². The summed E-state index contributed by atoms with van der Waals surface area (Å²) in [7, 11) is 0. The Morgan fingerprint density at radius 3 is 2.45 bits per heavy atom. The zero-order valence-electron chi connectivity index (χ0n) is 12.3. The van der Waals surface area contributed by atoms with Crippen LogP contribution in [0, 0.1) is 6.92 Å². The molecule has 0 radical (unpaired) electrons. The number of rotatable bonds is 3. The molecular weight excluding hydrogens is 248 g/mol. The topological polar surface area (TPSA) is 41.0 Å². The zero-order chi connectivity index (χ0) is 13.9. The van der Waals surface area contributed by atoms with Gasteiger partial charge in [-0.1, -0.05) is 19.1 Å². The zero-order valence-corrected chi connectivity index (χ0v) is 12.3. The number of aromatic nitrogens is 2. The molecule has 1 aromatic heterocycles. The molecule has 0 saturated carbocycles.